The molecule has 102 valence electrons. The normalized spacial score (nSPS) is 10.9. The van der Waals surface area contributed by atoms with Crippen LogP contribution in [0.4, 0.5) is 0 Å². The van der Waals surface area contributed by atoms with Gasteiger partial charge in [0.15, 0.2) is 0 Å². The summed E-state index contributed by atoms with van der Waals surface area (Å²) in [5, 5.41) is 2.85. The van der Waals surface area contributed by atoms with Gasteiger partial charge in [0, 0.05) is 20.6 Å². The standard InChI is InChI=1S/C14H19N3O2/c1-4-7-15-13(18)9-10-5-6-11-12(8-10)17(3)14(19)16(11)2/h5-6,8H,4,7,9H2,1-3H3,(H,15,18). The second kappa shape index (κ2) is 5.30. The van der Waals surface area contributed by atoms with E-state index < -0.39 is 0 Å². The summed E-state index contributed by atoms with van der Waals surface area (Å²) in [5.41, 5.74) is 2.60. The van der Waals surface area contributed by atoms with Crippen molar-refractivity contribution in [2.45, 2.75) is 19.8 Å². The predicted octanol–water partition coefficient (Wildman–Crippen LogP) is 0.946. The molecule has 0 saturated carbocycles. The molecule has 1 N–H and O–H groups in total. The second-order valence-corrected chi connectivity index (χ2v) is 4.75. The molecule has 0 bridgehead atoms. The SMILES string of the molecule is CCCNC(=O)Cc1ccc2c(c1)n(C)c(=O)n2C. The first-order valence-electron chi connectivity index (χ1n) is 6.45. The lowest BCUT2D eigenvalue weighted by atomic mass is 10.1. The second-order valence-electron chi connectivity index (χ2n) is 4.75. The third-order valence-electron chi connectivity index (χ3n) is 3.27. The minimum atomic E-state index is -0.0532. The highest BCUT2D eigenvalue weighted by molar-refractivity contribution is 5.82. The smallest absolute Gasteiger partial charge is 0.328 e. The molecule has 5 nitrogen and oxygen atoms in total. The Kier molecular flexibility index (Phi) is 3.74. The van der Waals surface area contributed by atoms with E-state index in [0.717, 1.165) is 23.0 Å². The van der Waals surface area contributed by atoms with E-state index in [0.29, 0.717) is 13.0 Å². The van der Waals surface area contributed by atoms with Gasteiger partial charge in [0.25, 0.3) is 0 Å². The zero-order chi connectivity index (χ0) is 14.0. The van der Waals surface area contributed by atoms with Crippen molar-refractivity contribution in [3.05, 3.63) is 34.2 Å². The van der Waals surface area contributed by atoms with Crippen LogP contribution in [0.2, 0.25) is 0 Å². The summed E-state index contributed by atoms with van der Waals surface area (Å²) in [6, 6.07) is 5.69. The van der Waals surface area contributed by atoms with E-state index in [1.54, 1.807) is 23.2 Å². The Morgan fingerprint density at radius 2 is 1.89 bits per heavy atom. The first-order valence-corrected chi connectivity index (χ1v) is 6.45. The molecule has 0 aliphatic rings. The van der Waals surface area contributed by atoms with Crippen molar-refractivity contribution in [1.82, 2.24) is 14.5 Å². The van der Waals surface area contributed by atoms with Crippen LogP contribution >= 0.6 is 0 Å². The van der Waals surface area contributed by atoms with Crippen molar-refractivity contribution >= 4 is 16.9 Å². The molecule has 0 atom stereocenters. The fourth-order valence-electron chi connectivity index (χ4n) is 2.17. The number of hydrogen-bond donors (Lipinski definition) is 1. The van der Waals surface area contributed by atoms with Gasteiger partial charge in [-0.05, 0) is 24.1 Å². The van der Waals surface area contributed by atoms with Gasteiger partial charge < -0.3 is 5.32 Å². The molecule has 1 heterocycles. The molecule has 1 aromatic heterocycles. The number of aryl methyl sites for hydroxylation is 2. The zero-order valence-electron chi connectivity index (χ0n) is 11.6. The van der Waals surface area contributed by atoms with E-state index in [1.807, 2.05) is 25.1 Å². The fraction of sp³-hybridized carbons (Fsp3) is 0.429. The molecule has 19 heavy (non-hydrogen) atoms. The van der Waals surface area contributed by atoms with Gasteiger partial charge in [-0.25, -0.2) is 4.79 Å². The van der Waals surface area contributed by atoms with E-state index in [-0.39, 0.29) is 11.6 Å². The number of hydrogen-bond acceptors (Lipinski definition) is 2. The van der Waals surface area contributed by atoms with Gasteiger partial charge in [-0.15, -0.1) is 0 Å². The molecule has 0 spiro atoms. The van der Waals surface area contributed by atoms with Crippen LogP contribution in [0.25, 0.3) is 11.0 Å². The van der Waals surface area contributed by atoms with Crippen molar-refractivity contribution < 1.29 is 4.79 Å². The highest BCUT2D eigenvalue weighted by atomic mass is 16.2. The first kappa shape index (κ1) is 13.4. The molecule has 0 radical (unpaired) electrons. The molecule has 0 saturated heterocycles. The van der Waals surface area contributed by atoms with Crippen molar-refractivity contribution in [3.8, 4) is 0 Å². The van der Waals surface area contributed by atoms with Gasteiger partial charge in [0.05, 0.1) is 17.5 Å². The largest absolute Gasteiger partial charge is 0.356 e. The van der Waals surface area contributed by atoms with Gasteiger partial charge in [-0.3, -0.25) is 13.9 Å². The Morgan fingerprint density at radius 3 is 2.58 bits per heavy atom. The molecule has 1 amide bonds. The van der Waals surface area contributed by atoms with E-state index in [1.165, 1.54) is 0 Å². The van der Waals surface area contributed by atoms with Gasteiger partial charge >= 0.3 is 5.69 Å². The topological polar surface area (TPSA) is 56.0 Å². The summed E-state index contributed by atoms with van der Waals surface area (Å²) >= 11 is 0. The number of benzene rings is 1. The monoisotopic (exact) mass is 261 g/mol. The average Bonchev–Trinajstić information content (AvgIpc) is 2.61. The number of carbonyl (C=O) groups is 1. The number of fused-ring (bicyclic) bond motifs is 1. The van der Waals surface area contributed by atoms with Gasteiger partial charge in [0.2, 0.25) is 5.91 Å². The fourth-order valence-corrected chi connectivity index (χ4v) is 2.17. The van der Waals surface area contributed by atoms with Gasteiger partial charge in [-0.2, -0.15) is 0 Å². The molecule has 0 aliphatic heterocycles. The van der Waals surface area contributed by atoms with Crippen molar-refractivity contribution in [3.63, 3.8) is 0 Å². The number of aromatic nitrogens is 2. The minimum Gasteiger partial charge on any atom is -0.356 e. The third-order valence-corrected chi connectivity index (χ3v) is 3.27. The third kappa shape index (κ3) is 2.54. The molecule has 0 unspecified atom stereocenters. The van der Waals surface area contributed by atoms with Gasteiger partial charge in [0.1, 0.15) is 0 Å². The maximum absolute atomic E-state index is 11.8. The summed E-state index contributed by atoms with van der Waals surface area (Å²) in [6.07, 6.45) is 1.27. The molecule has 2 aromatic rings. The Balaban J connectivity index is 2.29. The highest BCUT2D eigenvalue weighted by Crippen LogP contribution is 2.14. The summed E-state index contributed by atoms with van der Waals surface area (Å²) in [4.78, 5) is 23.5. The lowest BCUT2D eigenvalue weighted by Crippen LogP contribution is -2.25. The van der Waals surface area contributed by atoms with E-state index in [9.17, 15) is 9.59 Å². The molecule has 0 aliphatic carbocycles. The van der Waals surface area contributed by atoms with Crippen LogP contribution in [0, 0.1) is 0 Å². The van der Waals surface area contributed by atoms with Crippen LogP contribution in [-0.2, 0) is 25.3 Å². The summed E-state index contributed by atoms with van der Waals surface area (Å²) in [6.45, 7) is 2.72. The number of rotatable bonds is 4. The van der Waals surface area contributed by atoms with Gasteiger partial charge in [-0.1, -0.05) is 13.0 Å². The van der Waals surface area contributed by atoms with Crippen LogP contribution < -0.4 is 11.0 Å². The Hall–Kier alpha value is -2.04. The lowest BCUT2D eigenvalue weighted by Gasteiger charge is -2.04. The van der Waals surface area contributed by atoms with Crippen LogP contribution in [-0.4, -0.2) is 21.6 Å². The molecule has 1 aromatic carbocycles. The van der Waals surface area contributed by atoms with Crippen molar-refractivity contribution in [2.75, 3.05) is 6.54 Å². The Morgan fingerprint density at radius 1 is 1.21 bits per heavy atom. The molecule has 5 heteroatoms. The quantitative estimate of drug-likeness (QED) is 0.890. The van der Waals surface area contributed by atoms with Crippen LogP contribution in [0.3, 0.4) is 0 Å². The lowest BCUT2D eigenvalue weighted by molar-refractivity contribution is -0.120. The van der Waals surface area contributed by atoms with E-state index >= 15 is 0 Å². The van der Waals surface area contributed by atoms with E-state index in [4.69, 9.17) is 0 Å². The zero-order valence-corrected chi connectivity index (χ0v) is 11.6. The summed E-state index contributed by atoms with van der Waals surface area (Å²) in [7, 11) is 3.49. The predicted molar refractivity (Wildman–Crippen MR) is 75.2 cm³/mol. The maximum Gasteiger partial charge on any atom is 0.328 e. The number of nitrogens with zero attached hydrogens (tertiary/aromatic N) is 2. The average molecular weight is 261 g/mol. The molecular weight excluding hydrogens is 242 g/mol. The van der Waals surface area contributed by atoms with Crippen LogP contribution in [0.1, 0.15) is 18.9 Å². The number of carbonyl (C=O) groups excluding carboxylic acids is 1. The Bertz CT molecular complexity index is 667. The van der Waals surface area contributed by atoms with E-state index in [2.05, 4.69) is 5.32 Å². The van der Waals surface area contributed by atoms with Crippen molar-refractivity contribution in [1.29, 1.82) is 0 Å². The Labute approximate surface area is 111 Å². The maximum atomic E-state index is 11.8. The minimum absolute atomic E-state index is 0.0159. The summed E-state index contributed by atoms with van der Waals surface area (Å²) in [5.74, 6) is 0.0159. The highest BCUT2D eigenvalue weighted by Gasteiger charge is 2.09. The molecule has 2 rings (SSSR count). The number of nitrogens with one attached hydrogen (secondary N) is 1. The number of amides is 1. The van der Waals surface area contributed by atoms with Crippen LogP contribution in [0.5, 0.6) is 0 Å². The first-order chi connectivity index (χ1) is 9.04. The van der Waals surface area contributed by atoms with Crippen molar-refractivity contribution in [2.24, 2.45) is 14.1 Å². The summed E-state index contributed by atoms with van der Waals surface area (Å²) < 4.78 is 3.21. The molecule has 0 fully saturated rings. The molecular formula is C14H19N3O2. The van der Waals surface area contributed by atoms with Crippen LogP contribution in [0.15, 0.2) is 23.0 Å². The number of imidazole rings is 1.